The minimum absolute atomic E-state index is 0.0984. The van der Waals surface area contributed by atoms with E-state index >= 15 is 0 Å². The Morgan fingerprint density at radius 2 is 2.00 bits per heavy atom. The van der Waals surface area contributed by atoms with Crippen LogP contribution in [0.3, 0.4) is 0 Å². The first kappa shape index (κ1) is 16.0. The Hall–Kier alpha value is -1.40. The van der Waals surface area contributed by atoms with Crippen molar-refractivity contribution in [1.29, 1.82) is 0 Å². The van der Waals surface area contributed by atoms with Crippen LogP contribution in [0.25, 0.3) is 0 Å². The van der Waals surface area contributed by atoms with Crippen molar-refractivity contribution in [2.24, 2.45) is 0 Å². The molecule has 1 aromatic carbocycles. The Morgan fingerprint density at radius 3 is 2.62 bits per heavy atom. The minimum atomic E-state index is -4.53. The van der Waals surface area contributed by atoms with Gasteiger partial charge in [0.1, 0.15) is 5.82 Å². The molecule has 0 aliphatic carbocycles. The molecular weight excluding hydrogens is 302 g/mol. The number of hydrogen-bond donors (Lipinski definition) is 1. The van der Waals surface area contributed by atoms with E-state index in [1.807, 2.05) is 24.4 Å². The van der Waals surface area contributed by atoms with Crippen LogP contribution in [-0.2, 0) is 19.1 Å². The SMILES string of the molecule is CC(Cc1cccs1)NCc1cc(F)cc(C(F)(F)F)c1. The zero-order chi connectivity index (χ0) is 15.5. The number of halogens is 4. The molecule has 21 heavy (non-hydrogen) atoms. The molecule has 2 rings (SSSR count). The molecular formula is C15H15F4NS. The summed E-state index contributed by atoms with van der Waals surface area (Å²) in [6, 6.07) is 6.68. The van der Waals surface area contributed by atoms with Crippen molar-refractivity contribution >= 4 is 11.3 Å². The lowest BCUT2D eigenvalue weighted by atomic mass is 10.1. The lowest BCUT2D eigenvalue weighted by Crippen LogP contribution is -2.27. The molecule has 1 heterocycles. The molecule has 1 N–H and O–H groups in total. The van der Waals surface area contributed by atoms with Gasteiger partial charge in [-0.25, -0.2) is 4.39 Å². The maximum atomic E-state index is 13.3. The number of thiophene rings is 1. The van der Waals surface area contributed by atoms with Crippen LogP contribution in [0, 0.1) is 5.82 Å². The summed E-state index contributed by atoms with van der Waals surface area (Å²) in [6.07, 6.45) is -3.74. The van der Waals surface area contributed by atoms with E-state index in [4.69, 9.17) is 0 Å². The molecule has 0 spiro atoms. The van der Waals surface area contributed by atoms with Crippen molar-refractivity contribution < 1.29 is 17.6 Å². The summed E-state index contributed by atoms with van der Waals surface area (Å²) in [5.74, 6) is -0.868. The van der Waals surface area contributed by atoms with Crippen molar-refractivity contribution in [3.05, 3.63) is 57.5 Å². The predicted molar refractivity (Wildman–Crippen MR) is 75.7 cm³/mol. The molecule has 2 aromatic rings. The summed E-state index contributed by atoms with van der Waals surface area (Å²) in [4.78, 5) is 1.20. The molecule has 1 atom stereocenters. The Bertz CT molecular complexity index is 578. The van der Waals surface area contributed by atoms with Gasteiger partial charge in [0.15, 0.2) is 0 Å². The van der Waals surface area contributed by atoms with Crippen LogP contribution >= 0.6 is 11.3 Å². The predicted octanol–water partition coefficient (Wildman–Crippen LogP) is 4.63. The third-order valence-corrected chi connectivity index (χ3v) is 3.93. The quantitative estimate of drug-likeness (QED) is 0.793. The van der Waals surface area contributed by atoms with Gasteiger partial charge in [-0.3, -0.25) is 0 Å². The summed E-state index contributed by atoms with van der Waals surface area (Å²) in [5, 5.41) is 5.09. The van der Waals surface area contributed by atoms with Crippen LogP contribution in [0.4, 0.5) is 17.6 Å². The molecule has 0 amide bonds. The van der Waals surface area contributed by atoms with Gasteiger partial charge in [-0.15, -0.1) is 11.3 Å². The van der Waals surface area contributed by atoms with Gasteiger partial charge in [-0.05, 0) is 48.6 Å². The highest BCUT2D eigenvalue weighted by Crippen LogP contribution is 2.30. The van der Waals surface area contributed by atoms with Gasteiger partial charge in [-0.2, -0.15) is 13.2 Å². The average molecular weight is 317 g/mol. The maximum Gasteiger partial charge on any atom is 0.416 e. The van der Waals surface area contributed by atoms with E-state index in [1.54, 1.807) is 11.3 Å². The number of nitrogens with one attached hydrogen (secondary N) is 1. The Kier molecular flexibility index (Phi) is 5.00. The highest BCUT2D eigenvalue weighted by molar-refractivity contribution is 7.09. The number of hydrogen-bond acceptors (Lipinski definition) is 2. The molecule has 6 heteroatoms. The largest absolute Gasteiger partial charge is 0.416 e. The molecule has 0 saturated heterocycles. The van der Waals surface area contributed by atoms with Crippen LogP contribution < -0.4 is 5.32 Å². The second-order valence-electron chi connectivity index (χ2n) is 4.91. The Morgan fingerprint density at radius 1 is 1.24 bits per heavy atom. The van der Waals surface area contributed by atoms with Crippen LogP contribution in [0.1, 0.15) is 22.9 Å². The van der Waals surface area contributed by atoms with Crippen molar-refractivity contribution in [1.82, 2.24) is 5.32 Å². The Balaban J connectivity index is 1.98. The van der Waals surface area contributed by atoms with Gasteiger partial charge in [0, 0.05) is 17.5 Å². The van der Waals surface area contributed by atoms with Gasteiger partial charge >= 0.3 is 6.18 Å². The summed E-state index contributed by atoms with van der Waals surface area (Å²) >= 11 is 1.63. The molecule has 0 aliphatic rings. The van der Waals surface area contributed by atoms with Crippen LogP contribution in [0.15, 0.2) is 35.7 Å². The second-order valence-corrected chi connectivity index (χ2v) is 5.94. The van der Waals surface area contributed by atoms with Gasteiger partial charge in [-0.1, -0.05) is 6.07 Å². The molecule has 0 bridgehead atoms. The van der Waals surface area contributed by atoms with E-state index in [2.05, 4.69) is 5.32 Å². The summed E-state index contributed by atoms with van der Waals surface area (Å²) < 4.78 is 51.1. The monoisotopic (exact) mass is 317 g/mol. The smallest absolute Gasteiger partial charge is 0.310 e. The van der Waals surface area contributed by atoms with Crippen LogP contribution in [0.5, 0.6) is 0 Å². The normalized spacial score (nSPS) is 13.4. The number of rotatable bonds is 5. The first-order valence-corrected chi connectivity index (χ1v) is 7.35. The fraction of sp³-hybridized carbons (Fsp3) is 0.333. The second kappa shape index (κ2) is 6.58. The molecule has 0 radical (unpaired) electrons. The summed E-state index contributed by atoms with van der Waals surface area (Å²) in [5.41, 5.74) is -0.662. The van der Waals surface area contributed by atoms with Crippen LogP contribution in [0.2, 0.25) is 0 Å². The summed E-state index contributed by atoms with van der Waals surface area (Å²) in [6.45, 7) is 2.15. The Labute approximate surface area is 124 Å². The molecule has 1 nitrogen and oxygen atoms in total. The maximum absolute atomic E-state index is 13.3. The first-order valence-electron chi connectivity index (χ1n) is 6.47. The molecule has 0 fully saturated rings. The zero-order valence-corrected chi connectivity index (χ0v) is 12.2. The van der Waals surface area contributed by atoms with Crippen molar-refractivity contribution in [3.8, 4) is 0 Å². The fourth-order valence-corrected chi connectivity index (χ4v) is 2.85. The molecule has 1 unspecified atom stereocenters. The highest BCUT2D eigenvalue weighted by Gasteiger charge is 2.31. The third-order valence-electron chi connectivity index (χ3n) is 3.03. The van der Waals surface area contributed by atoms with E-state index in [9.17, 15) is 17.6 Å². The molecule has 0 aliphatic heterocycles. The van der Waals surface area contributed by atoms with E-state index in [0.29, 0.717) is 11.6 Å². The van der Waals surface area contributed by atoms with Gasteiger partial charge in [0.25, 0.3) is 0 Å². The zero-order valence-electron chi connectivity index (χ0n) is 11.4. The van der Waals surface area contributed by atoms with Crippen molar-refractivity contribution in [2.75, 3.05) is 0 Å². The van der Waals surface area contributed by atoms with Gasteiger partial charge in [0.05, 0.1) is 5.56 Å². The van der Waals surface area contributed by atoms with E-state index < -0.39 is 17.6 Å². The lowest BCUT2D eigenvalue weighted by Gasteiger charge is -2.14. The average Bonchev–Trinajstić information content (AvgIpc) is 2.87. The van der Waals surface area contributed by atoms with E-state index in [-0.39, 0.29) is 12.6 Å². The third kappa shape index (κ3) is 4.82. The van der Waals surface area contributed by atoms with E-state index in [0.717, 1.165) is 18.6 Å². The standard InChI is InChI=1S/C15H15F4NS/c1-10(5-14-3-2-4-21-14)20-9-11-6-12(15(17,18)19)8-13(16)7-11/h2-4,6-8,10,20H,5,9H2,1H3. The van der Waals surface area contributed by atoms with E-state index in [1.165, 1.54) is 4.88 Å². The molecule has 0 saturated carbocycles. The fourth-order valence-electron chi connectivity index (χ4n) is 2.01. The number of alkyl halides is 3. The van der Waals surface area contributed by atoms with Crippen LogP contribution in [-0.4, -0.2) is 6.04 Å². The lowest BCUT2D eigenvalue weighted by molar-refractivity contribution is -0.137. The van der Waals surface area contributed by atoms with Gasteiger partial charge < -0.3 is 5.32 Å². The van der Waals surface area contributed by atoms with Crippen molar-refractivity contribution in [2.45, 2.75) is 32.1 Å². The van der Waals surface area contributed by atoms with Gasteiger partial charge in [0.2, 0.25) is 0 Å². The highest BCUT2D eigenvalue weighted by atomic mass is 32.1. The summed E-state index contributed by atoms with van der Waals surface area (Å²) in [7, 11) is 0. The number of benzene rings is 1. The first-order chi connectivity index (χ1) is 9.84. The minimum Gasteiger partial charge on any atom is -0.310 e. The molecule has 1 aromatic heterocycles. The van der Waals surface area contributed by atoms with Crippen molar-refractivity contribution in [3.63, 3.8) is 0 Å². The topological polar surface area (TPSA) is 12.0 Å². The molecule has 114 valence electrons.